The summed E-state index contributed by atoms with van der Waals surface area (Å²) in [5.74, 6) is -0.201. The predicted molar refractivity (Wildman–Crippen MR) is 39.5 cm³/mol. The van der Waals surface area contributed by atoms with Crippen LogP contribution in [0.25, 0.3) is 0 Å². The summed E-state index contributed by atoms with van der Waals surface area (Å²) >= 11 is 0. The second kappa shape index (κ2) is 6.94. The summed E-state index contributed by atoms with van der Waals surface area (Å²) in [6.07, 6.45) is 0. The van der Waals surface area contributed by atoms with E-state index in [0.717, 1.165) is 11.0 Å². The van der Waals surface area contributed by atoms with Crippen LogP contribution in [-0.4, -0.2) is 44.7 Å². The van der Waals surface area contributed by atoms with Crippen molar-refractivity contribution in [1.29, 1.82) is 0 Å². The minimum absolute atomic E-state index is 0.201. The SMILES string of the molecule is CC(=O)OCC[N+](C)(C)C.[O-][Cl+3]([O-])([O-])[O-]. The van der Waals surface area contributed by atoms with Gasteiger partial charge in [0, 0.05) is 6.92 Å². The number of hydrogen-bond acceptors (Lipinski definition) is 6. The second-order valence-electron chi connectivity index (χ2n) is 3.73. The Morgan fingerprint density at radius 2 is 1.53 bits per heavy atom. The zero-order valence-electron chi connectivity index (χ0n) is 9.19. The van der Waals surface area contributed by atoms with E-state index >= 15 is 0 Å². The number of carbonyl (C=O) groups excluding carboxylic acids is 1. The molecule has 0 aromatic rings. The summed E-state index contributed by atoms with van der Waals surface area (Å²) in [4.78, 5) is 10.3. The highest BCUT2D eigenvalue weighted by Gasteiger charge is 2.06. The van der Waals surface area contributed by atoms with Gasteiger partial charge in [0.25, 0.3) is 0 Å². The molecule has 0 aliphatic heterocycles. The number of nitrogens with zero attached hydrogens (tertiary/aromatic N) is 1. The van der Waals surface area contributed by atoms with Gasteiger partial charge in [-0.15, -0.1) is 10.2 Å². The Kier molecular flexibility index (Phi) is 7.85. The molecule has 0 aromatic carbocycles. The highest BCUT2D eigenvalue weighted by atomic mass is 35.7. The van der Waals surface area contributed by atoms with Crippen molar-refractivity contribution in [3.05, 3.63) is 0 Å². The lowest BCUT2D eigenvalue weighted by molar-refractivity contribution is -2.00. The molecule has 7 nitrogen and oxygen atoms in total. The highest BCUT2D eigenvalue weighted by molar-refractivity contribution is 5.65. The van der Waals surface area contributed by atoms with Gasteiger partial charge in [-0.05, 0) is 0 Å². The quantitative estimate of drug-likeness (QED) is 0.365. The summed E-state index contributed by atoms with van der Waals surface area (Å²) in [5.41, 5.74) is 0. The minimum atomic E-state index is -4.94. The van der Waals surface area contributed by atoms with Gasteiger partial charge in [0.2, 0.25) is 0 Å². The molecule has 0 amide bonds. The van der Waals surface area contributed by atoms with Crippen LogP contribution in [0.2, 0.25) is 0 Å². The van der Waals surface area contributed by atoms with Gasteiger partial charge in [0.1, 0.15) is 13.2 Å². The molecule has 0 bridgehead atoms. The first-order valence-electron chi connectivity index (χ1n) is 3.97. The largest absolute Gasteiger partial charge is 0.460 e. The van der Waals surface area contributed by atoms with Gasteiger partial charge in [-0.25, -0.2) is 18.6 Å². The summed E-state index contributed by atoms with van der Waals surface area (Å²) in [6, 6.07) is 0. The Morgan fingerprint density at radius 3 is 1.73 bits per heavy atom. The monoisotopic (exact) mass is 245 g/mol. The molecule has 0 rings (SSSR count). The van der Waals surface area contributed by atoms with Crippen LogP contribution in [0.5, 0.6) is 0 Å². The van der Waals surface area contributed by atoms with Gasteiger partial charge in [-0.3, -0.25) is 4.79 Å². The van der Waals surface area contributed by atoms with Crippen molar-refractivity contribution >= 4 is 5.97 Å². The van der Waals surface area contributed by atoms with E-state index in [1.54, 1.807) is 0 Å². The molecule has 15 heavy (non-hydrogen) atoms. The predicted octanol–water partition coefficient (Wildman–Crippen LogP) is -4.50. The van der Waals surface area contributed by atoms with E-state index < -0.39 is 10.2 Å². The first-order chi connectivity index (χ1) is 6.42. The van der Waals surface area contributed by atoms with Crippen LogP contribution in [0.1, 0.15) is 6.92 Å². The third kappa shape index (κ3) is 42.1. The van der Waals surface area contributed by atoms with Gasteiger partial charge in [-0.1, -0.05) is 0 Å². The molecule has 0 atom stereocenters. The third-order valence-electron chi connectivity index (χ3n) is 1.07. The minimum Gasteiger partial charge on any atom is -0.460 e. The summed E-state index contributed by atoms with van der Waals surface area (Å²) in [6.45, 7) is 2.80. The molecule has 8 heteroatoms. The number of rotatable bonds is 3. The van der Waals surface area contributed by atoms with E-state index in [4.69, 9.17) is 23.4 Å². The van der Waals surface area contributed by atoms with Crippen molar-refractivity contribution in [2.24, 2.45) is 0 Å². The van der Waals surface area contributed by atoms with Gasteiger partial charge in [0.05, 0.1) is 21.1 Å². The lowest BCUT2D eigenvalue weighted by Gasteiger charge is -2.23. The summed E-state index contributed by atoms with van der Waals surface area (Å²) < 4.78 is 39.6. The average Bonchev–Trinajstić information content (AvgIpc) is 1.77. The molecule has 0 fully saturated rings. The number of likely N-dealkylation sites (N-methyl/N-ethyl adjacent to an activating group) is 1. The molecule has 0 saturated carbocycles. The number of hydrogen-bond donors (Lipinski definition) is 0. The van der Waals surface area contributed by atoms with Crippen molar-refractivity contribution in [1.82, 2.24) is 0 Å². The average molecular weight is 246 g/mol. The number of ether oxygens (including phenoxy) is 1. The van der Waals surface area contributed by atoms with Crippen LogP contribution >= 0.6 is 0 Å². The fraction of sp³-hybridized carbons (Fsp3) is 0.857. The standard InChI is InChI=1S/C7H16NO2.ClHO4/c1-7(9)10-6-5-8(2,3)4;2-1(3,4)5/h5-6H2,1-4H3;(H,2,3,4,5)/q+1;/p-1. The van der Waals surface area contributed by atoms with Crippen molar-refractivity contribution in [3.63, 3.8) is 0 Å². The van der Waals surface area contributed by atoms with Crippen LogP contribution in [0.4, 0.5) is 0 Å². The molecule has 0 heterocycles. The molecule has 0 aromatic heterocycles. The topological polar surface area (TPSA) is 119 Å². The fourth-order valence-electron chi connectivity index (χ4n) is 0.463. The maximum Gasteiger partial charge on any atom is 0.302 e. The van der Waals surface area contributed by atoms with E-state index in [1.807, 2.05) is 0 Å². The van der Waals surface area contributed by atoms with Crippen LogP contribution < -0.4 is 18.6 Å². The van der Waals surface area contributed by atoms with E-state index in [1.165, 1.54) is 6.92 Å². The molecular formula is C7H16ClNO6. The lowest BCUT2D eigenvalue weighted by Crippen LogP contribution is -2.68. The van der Waals surface area contributed by atoms with Crippen LogP contribution in [0.3, 0.4) is 0 Å². The van der Waals surface area contributed by atoms with E-state index in [0.29, 0.717) is 6.61 Å². The maximum atomic E-state index is 10.3. The van der Waals surface area contributed by atoms with Crippen molar-refractivity contribution in [2.75, 3.05) is 34.3 Å². The van der Waals surface area contributed by atoms with Gasteiger partial charge in [0.15, 0.2) is 0 Å². The molecule has 92 valence electrons. The first-order valence-corrected chi connectivity index (χ1v) is 5.21. The second-order valence-corrected chi connectivity index (χ2v) is 4.49. The first kappa shape index (κ1) is 17.0. The molecule has 0 spiro atoms. The normalized spacial score (nSPS) is 11.5. The van der Waals surface area contributed by atoms with Crippen molar-refractivity contribution in [2.45, 2.75) is 6.92 Å². The Hall–Kier alpha value is -0.440. The van der Waals surface area contributed by atoms with Crippen molar-refractivity contribution < 1.29 is 42.9 Å². The van der Waals surface area contributed by atoms with Gasteiger partial charge < -0.3 is 9.22 Å². The number of halogens is 1. The molecule has 0 radical (unpaired) electrons. The maximum absolute atomic E-state index is 10.3. The summed E-state index contributed by atoms with van der Waals surface area (Å²) in [5, 5.41) is 0. The molecule has 0 N–H and O–H groups in total. The fourth-order valence-corrected chi connectivity index (χ4v) is 0.463. The van der Waals surface area contributed by atoms with Crippen LogP contribution in [-0.2, 0) is 9.53 Å². The van der Waals surface area contributed by atoms with Gasteiger partial charge >= 0.3 is 5.97 Å². The summed E-state index contributed by atoms with van der Waals surface area (Å²) in [7, 11) is 1.23. The van der Waals surface area contributed by atoms with E-state index in [9.17, 15) is 4.79 Å². The zero-order chi connectivity index (χ0) is 12.7. The number of esters is 1. The Morgan fingerprint density at radius 1 is 1.20 bits per heavy atom. The number of quaternary nitrogens is 1. The van der Waals surface area contributed by atoms with E-state index in [-0.39, 0.29) is 5.97 Å². The highest BCUT2D eigenvalue weighted by Crippen LogP contribution is 1.88. The lowest BCUT2D eigenvalue weighted by atomic mass is 10.5. The number of carbonyl (C=O) groups is 1. The molecule has 0 aliphatic rings. The third-order valence-corrected chi connectivity index (χ3v) is 1.07. The molecule has 0 saturated heterocycles. The Labute approximate surface area is 90.8 Å². The van der Waals surface area contributed by atoms with E-state index in [2.05, 4.69) is 21.1 Å². The van der Waals surface area contributed by atoms with Crippen molar-refractivity contribution in [3.8, 4) is 0 Å². The smallest absolute Gasteiger partial charge is 0.302 e. The van der Waals surface area contributed by atoms with Gasteiger partial charge in [-0.2, -0.15) is 0 Å². The molecular weight excluding hydrogens is 230 g/mol. The Bertz CT molecular complexity index is 179. The van der Waals surface area contributed by atoms with Crippen LogP contribution in [0.15, 0.2) is 0 Å². The Balaban J connectivity index is 0. The zero-order valence-corrected chi connectivity index (χ0v) is 9.94. The molecule has 0 unspecified atom stereocenters. The molecule has 0 aliphatic carbocycles. The van der Waals surface area contributed by atoms with Crippen LogP contribution in [0, 0.1) is 10.2 Å².